The second-order valence-corrected chi connectivity index (χ2v) is 4.38. The van der Waals surface area contributed by atoms with Gasteiger partial charge in [-0.1, -0.05) is 23.8 Å². The average Bonchev–Trinajstić information content (AvgIpc) is 2.67. The van der Waals surface area contributed by atoms with Gasteiger partial charge in [-0.25, -0.2) is 0 Å². The zero-order valence-electron chi connectivity index (χ0n) is 10.8. The van der Waals surface area contributed by atoms with Crippen LogP contribution >= 0.6 is 0 Å². The molecule has 0 aliphatic carbocycles. The summed E-state index contributed by atoms with van der Waals surface area (Å²) in [7, 11) is 1.88. The molecule has 1 heterocycles. The van der Waals surface area contributed by atoms with Gasteiger partial charge in [0.05, 0.1) is 6.20 Å². The highest BCUT2D eigenvalue weighted by Crippen LogP contribution is 2.10. The number of allylic oxidation sites excluding steroid dienone is 1. The van der Waals surface area contributed by atoms with Gasteiger partial charge in [0, 0.05) is 23.9 Å². The Bertz CT molecular complexity index is 609. The number of aryl methyl sites for hydroxylation is 2. The van der Waals surface area contributed by atoms with Crippen LogP contribution in [0.5, 0.6) is 0 Å². The van der Waals surface area contributed by atoms with Crippen LogP contribution in [0.25, 0.3) is 6.08 Å². The van der Waals surface area contributed by atoms with Gasteiger partial charge < -0.3 is 0 Å². The van der Waals surface area contributed by atoms with Crippen molar-refractivity contribution >= 4 is 11.9 Å². The number of carbonyl (C=O) groups is 1. The second kappa shape index (κ2) is 5.00. The van der Waals surface area contributed by atoms with Crippen LogP contribution in [-0.2, 0) is 7.05 Å². The van der Waals surface area contributed by atoms with Crippen LogP contribution in [0.4, 0.5) is 0 Å². The SMILES string of the molecule is Cc1cccc(C(=O)/C=C/c2cnn(C)c2C)c1. The van der Waals surface area contributed by atoms with Crippen LogP contribution in [-0.4, -0.2) is 15.6 Å². The number of rotatable bonds is 3. The first-order valence-electron chi connectivity index (χ1n) is 5.85. The summed E-state index contributed by atoms with van der Waals surface area (Å²) in [5.74, 6) is 0.0157. The highest BCUT2D eigenvalue weighted by Gasteiger charge is 2.03. The van der Waals surface area contributed by atoms with Crippen molar-refractivity contribution in [1.82, 2.24) is 9.78 Å². The molecule has 0 aliphatic heterocycles. The normalized spacial score (nSPS) is 11.1. The Balaban J connectivity index is 2.19. The van der Waals surface area contributed by atoms with E-state index in [2.05, 4.69) is 5.10 Å². The van der Waals surface area contributed by atoms with E-state index in [9.17, 15) is 4.79 Å². The molecule has 0 unspecified atom stereocenters. The number of hydrogen-bond donors (Lipinski definition) is 0. The first-order chi connectivity index (χ1) is 8.58. The molecular formula is C15H16N2O. The minimum absolute atomic E-state index is 0.0157. The molecule has 1 aromatic heterocycles. The highest BCUT2D eigenvalue weighted by atomic mass is 16.1. The molecule has 0 amide bonds. The van der Waals surface area contributed by atoms with E-state index in [1.54, 1.807) is 17.0 Å². The molecule has 0 atom stereocenters. The van der Waals surface area contributed by atoms with Crippen LogP contribution < -0.4 is 0 Å². The Morgan fingerprint density at radius 2 is 2.11 bits per heavy atom. The lowest BCUT2D eigenvalue weighted by Crippen LogP contribution is -1.95. The van der Waals surface area contributed by atoms with Gasteiger partial charge in [0.2, 0.25) is 0 Å². The number of carbonyl (C=O) groups excluding carboxylic acids is 1. The molecule has 0 fully saturated rings. The Morgan fingerprint density at radius 3 is 2.72 bits per heavy atom. The molecule has 0 N–H and O–H groups in total. The molecule has 0 spiro atoms. The van der Waals surface area contributed by atoms with E-state index in [-0.39, 0.29) is 5.78 Å². The van der Waals surface area contributed by atoms with Crippen molar-refractivity contribution < 1.29 is 4.79 Å². The van der Waals surface area contributed by atoms with Gasteiger partial charge >= 0.3 is 0 Å². The number of nitrogens with zero attached hydrogens (tertiary/aromatic N) is 2. The average molecular weight is 240 g/mol. The molecule has 1 aromatic carbocycles. The highest BCUT2D eigenvalue weighted by molar-refractivity contribution is 6.06. The smallest absolute Gasteiger partial charge is 0.185 e. The first-order valence-corrected chi connectivity index (χ1v) is 5.85. The van der Waals surface area contributed by atoms with Crippen molar-refractivity contribution in [2.75, 3.05) is 0 Å². The van der Waals surface area contributed by atoms with Crippen LogP contribution in [0.1, 0.15) is 27.2 Å². The van der Waals surface area contributed by atoms with Gasteiger partial charge in [-0.3, -0.25) is 9.48 Å². The monoisotopic (exact) mass is 240 g/mol. The Kier molecular flexibility index (Phi) is 3.42. The number of benzene rings is 1. The quantitative estimate of drug-likeness (QED) is 0.610. The molecule has 0 bridgehead atoms. The Hall–Kier alpha value is -2.16. The van der Waals surface area contributed by atoms with Gasteiger partial charge in [0.1, 0.15) is 0 Å². The summed E-state index contributed by atoms with van der Waals surface area (Å²) in [5, 5.41) is 4.14. The third-order valence-electron chi connectivity index (χ3n) is 2.99. The van der Waals surface area contributed by atoms with Crippen LogP contribution in [0, 0.1) is 13.8 Å². The standard InChI is InChI=1S/C15H16N2O/c1-11-5-4-6-13(9-11)15(18)8-7-14-10-16-17(3)12(14)2/h4-10H,1-3H3/b8-7+. The fraction of sp³-hybridized carbons (Fsp3) is 0.200. The first kappa shape index (κ1) is 12.3. The van der Waals surface area contributed by atoms with Crippen molar-refractivity contribution in [3.8, 4) is 0 Å². The minimum atomic E-state index is 0.0157. The third-order valence-corrected chi connectivity index (χ3v) is 2.99. The predicted molar refractivity (Wildman–Crippen MR) is 72.5 cm³/mol. The van der Waals surface area contributed by atoms with Crippen LogP contribution in [0.3, 0.4) is 0 Å². The molecule has 18 heavy (non-hydrogen) atoms. The van der Waals surface area contributed by atoms with E-state index >= 15 is 0 Å². The fourth-order valence-corrected chi connectivity index (χ4v) is 1.74. The van der Waals surface area contributed by atoms with E-state index in [4.69, 9.17) is 0 Å². The molecule has 0 aliphatic rings. The van der Waals surface area contributed by atoms with Gasteiger partial charge in [0.15, 0.2) is 5.78 Å². The van der Waals surface area contributed by atoms with Crippen molar-refractivity contribution in [2.45, 2.75) is 13.8 Å². The van der Waals surface area contributed by atoms with Crippen molar-refractivity contribution in [3.63, 3.8) is 0 Å². The Labute approximate surface area is 107 Å². The summed E-state index contributed by atoms with van der Waals surface area (Å²) in [6.45, 7) is 3.95. The molecule has 2 rings (SSSR count). The van der Waals surface area contributed by atoms with Gasteiger partial charge in [-0.2, -0.15) is 5.10 Å². The van der Waals surface area contributed by atoms with E-state index in [1.807, 2.05) is 51.2 Å². The zero-order valence-corrected chi connectivity index (χ0v) is 10.8. The van der Waals surface area contributed by atoms with Crippen LogP contribution in [0.15, 0.2) is 36.5 Å². The van der Waals surface area contributed by atoms with Crippen molar-refractivity contribution in [2.24, 2.45) is 7.05 Å². The van der Waals surface area contributed by atoms with Crippen molar-refractivity contribution in [3.05, 3.63) is 58.9 Å². The molecule has 0 saturated heterocycles. The summed E-state index contributed by atoms with van der Waals surface area (Å²) >= 11 is 0. The summed E-state index contributed by atoms with van der Waals surface area (Å²) in [5.41, 5.74) is 3.82. The lowest BCUT2D eigenvalue weighted by molar-refractivity contribution is 0.104. The van der Waals surface area contributed by atoms with Gasteiger partial charge in [-0.05, 0) is 32.1 Å². The summed E-state index contributed by atoms with van der Waals surface area (Å²) in [6.07, 6.45) is 5.17. The Morgan fingerprint density at radius 1 is 1.33 bits per heavy atom. The van der Waals surface area contributed by atoms with E-state index in [0.29, 0.717) is 5.56 Å². The second-order valence-electron chi connectivity index (χ2n) is 4.38. The molecule has 0 saturated carbocycles. The van der Waals surface area contributed by atoms with E-state index in [0.717, 1.165) is 16.8 Å². The van der Waals surface area contributed by atoms with E-state index in [1.165, 1.54) is 0 Å². The van der Waals surface area contributed by atoms with Gasteiger partial charge in [0.25, 0.3) is 0 Å². The topological polar surface area (TPSA) is 34.9 Å². The zero-order chi connectivity index (χ0) is 13.1. The maximum Gasteiger partial charge on any atom is 0.185 e. The van der Waals surface area contributed by atoms with Crippen molar-refractivity contribution in [1.29, 1.82) is 0 Å². The lowest BCUT2D eigenvalue weighted by atomic mass is 10.1. The molecular weight excluding hydrogens is 224 g/mol. The molecule has 3 heteroatoms. The largest absolute Gasteiger partial charge is 0.289 e. The molecule has 2 aromatic rings. The summed E-state index contributed by atoms with van der Waals surface area (Å²) < 4.78 is 1.79. The minimum Gasteiger partial charge on any atom is -0.289 e. The summed E-state index contributed by atoms with van der Waals surface area (Å²) in [4.78, 5) is 12.0. The maximum atomic E-state index is 12.0. The number of hydrogen-bond acceptors (Lipinski definition) is 2. The summed E-state index contributed by atoms with van der Waals surface area (Å²) in [6, 6.07) is 7.59. The molecule has 0 radical (unpaired) electrons. The third kappa shape index (κ3) is 2.56. The maximum absolute atomic E-state index is 12.0. The molecule has 3 nitrogen and oxygen atoms in total. The molecule has 92 valence electrons. The lowest BCUT2D eigenvalue weighted by Gasteiger charge is -1.97. The van der Waals surface area contributed by atoms with Gasteiger partial charge in [-0.15, -0.1) is 0 Å². The fourth-order valence-electron chi connectivity index (χ4n) is 1.74. The van der Waals surface area contributed by atoms with E-state index < -0.39 is 0 Å². The predicted octanol–water partition coefficient (Wildman–Crippen LogP) is 2.93. The van der Waals surface area contributed by atoms with Crippen LogP contribution in [0.2, 0.25) is 0 Å². The number of ketones is 1. The number of aromatic nitrogens is 2.